The molecule has 0 amide bonds. The number of hydrogen-bond donors (Lipinski definition) is 1. The summed E-state index contributed by atoms with van der Waals surface area (Å²) in [5.41, 5.74) is 0.886. The third-order valence-corrected chi connectivity index (χ3v) is 3.48. The highest BCUT2D eigenvalue weighted by atomic mass is 35.5. The Balaban J connectivity index is 1.93. The van der Waals surface area contributed by atoms with E-state index in [1.165, 1.54) is 6.42 Å². The van der Waals surface area contributed by atoms with Gasteiger partial charge in [0.25, 0.3) is 0 Å². The van der Waals surface area contributed by atoms with Crippen LogP contribution in [0.25, 0.3) is 0 Å². The molecule has 1 unspecified atom stereocenters. The number of rotatable bonds is 3. The van der Waals surface area contributed by atoms with Gasteiger partial charge in [0.05, 0.1) is 12.7 Å². The van der Waals surface area contributed by atoms with Crippen molar-refractivity contribution in [3.05, 3.63) is 33.8 Å². The van der Waals surface area contributed by atoms with E-state index in [0.29, 0.717) is 16.7 Å². The summed E-state index contributed by atoms with van der Waals surface area (Å²) in [6.07, 6.45) is 2.55. The third-order valence-electron chi connectivity index (χ3n) is 2.78. The van der Waals surface area contributed by atoms with Gasteiger partial charge in [-0.25, -0.2) is 0 Å². The summed E-state index contributed by atoms with van der Waals surface area (Å²) >= 11 is 12.1. The van der Waals surface area contributed by atoms with Crippen LogP contribution in [0, 0.1) is 0 Å². The molecule has 0 spiro atoms. The Morgan fingerprint density at radius 2 is 2.06 bits per heavy atom. The van der Waals surface area contributed by atoms with Crippen LogP contribution >= 0.6 is 23.2 Å². The third kappa shape index (κ3) is 3.11. The first-order valence-corrected chi connectivity index (χ1v) is 6.28. The Kier molecular flexibility index (Phi) is 4.47. The fourth-order valence-corrected chi connectivity index (χ4v) is 2.34. The second-order valence-corrected chi connectivity index (χ2v) is 4.79. The topological polar surface area (TPSA) is 21.3 Å². The van der Waals surface area contributed by atoms with Gasteiger partial charge >= 0.3 is 0 Å². The molecule has 16 heavy (non-hydrogen) atoms. The van der Waals surface area contributed by atoms with E-state index in [9.17, 15) is 0 Å². The summed E-state index contributed by atoms with van der Waals surface area (Å²) in [6, 6.07) is 5.52. The fraction of sp³-hybridized carbons (Fsp3) is 0.500. The molecular weight excluding hydrogens is 245 g/mol. The monoisotopic (exact) mass is 259 g/mol. The van der Waals surface area contributed by atoms with Crippen molar-refractivity contribution in [1.29, 1.82) is 0 Å². The first-order valence-electron chi connectivity index (χ1n) is 5.52. The van der Waals surface area contributed by atoms with E-state index < -0.39 is 0 Å². The van der Waals surface area contributed by atoms with Crippen LogP contribution in [-0.2, 0) is 11.3 Å². The van der Waals surface area contributed by atoms with Gasteiger partial charge in [-0.1, -0.05) is 29.3 Å². The van der Waals surface area contributed by atoms with E-state index in [4.69, 9.17) is 27.9 Å². The second-order valence-electron chi connectivity index (χ2n) is 3.98. The Morgan fingerprint density at radius 3 is 2.69 bits per heavy atom. The quantitative estimate of drug-likeness (QED) is 0.900. The molecule has 1 atom stereocenters. The van der Waals surface area contributed by atoms with Crippen molar-refractivity contribution in [2.24, 2.45) is 0 Å². The van der Waals surface area contributed by atoms with Gasteiger partial charge in [0, 0.05) is 22.2 Å². The highest BCUT2D eigenvalue weighted by Gasteiger charge is 2.14. The molecule has 1 N–H and O–H groups in total. The molecule has 1 aliphatic rings. The van der Waals surface area contributed by atoms with Gasteiger partial charge < -0.3 is 10.1 Å². The van der Waals surface area contributed by atoms with Crippen LogP contribution in [0.5, 0.6) is 0 Å². The molecule has 2 rings (SSSR count). The molecule has 0 radical (unpaired) electrons. The minimum atomic E-state index is 0.279. The van der Waals surface area contributed by atoms with Crippen molar-refractivity contribution in [3.63, 3.8) is 0 Å². The van der Waals surface area contributed by atoms with Crippen molar-refractivity contribution < 1.29 is 4.74 Å². The Labute approximate surface area is 106 Å². The van der Waals surface area contributed by atoms with E-state index in [2.05, 4.69) is 5.32 Å². The van der Waals surface area contributed by atoms with Crippen molar-refractivity contribution in [3.8, 4) is 0 Å². The van der Waals surface area contributed by atoms with Crippen LogP contribution in [0.2, 0.25) is 10.0 Å². The van der Waals surface area contributed by atoms with Crippen molar-refractivity contribution in [2.45, 2.75) is 25.6 Å². The van der Waals surface area contributed by atoms with Crippen LogP contribution in [0.4, 0.5) is 0 Å². The van der Waals surface area contributed by atoms with E-state index >= 15 is 0 Å². The normalized spacial score (nSPS) is 21.0. The largest absolute Gasteiger partial charge is 0.372 e. The molecule has 0 aromatic heterocycles. The maximum atomic E-state index is 6.07. The highest BCUT2D eigenvalue weighted by Crippen LogP contribution is 2.25. The van der Waals surface area contributed by atoms with Gasteiger partial charge in [0.15, 0.2) is 0 Å². The molecule has 4 heteroatoms. The number of hydrogen-bond acceptors (Lipinski definition) is 2. The van der Waals surface area contributed by atoms with Crippen LogP contribution in [0.1, 0.15) is 18.4 Å². The standard InChI is InChI=1S/C12H15Cl2NO/c13-11-4-1-5-12(14)10(11)8-16-9-3-2-6-15-7-9/h1,4-5,9,15H,2-3,6-8H2. The number of piperidine rings is 1. The Hall–Kier alpha value is -0.280. The van der Waals surface area contributed by atoms with E-state index in [1.807, 2.05) is 18.2 Å². The molecule has 1 fully saturated rings. The van der Waals surface area contributed by atoms with E-state index in [0.717, 1.165) is 25.1 Å². The van der Waals surface area contributed by atoms with Gasteiger partial charge in [-0.2, -0.15) is 0 Å². The predicted octanol–water partition coefficient (Wildman–Crippen LogP) is 3.26. The molecular formula is C12H15Cl2NO. The lowest BCUT2D eigenvalue weighted by atomic mass is 10.1. The average molecular weight is 260 g/mol. The van der Waals surface area contributed by atoms with E-state index in [1.54, 1.807) is 0 Å². The molecule has 1 aliphatic heterocycles. The van der Waals surface area contributed by atoms with E-state index in [-0.39, 0.29) is 6.10 Å². The van der Waals surface area contributed by atoms with Crippen LogP contribution in [0.15, 0.2) is 18.2 Å². The summed E-state index contributed by atoms with van der Waals surface area (Å²) in [6.45, 7) is 2.50. The first kappa shape index (κ1) is 12.2. The Morgan fingerprint density at radius 1 is 1.31 bits per heavy atom. The lowest BCUT2D eigenvalue weighted by Gasteiger charge is -2.23. The van der Waals surface area contributed by atoms with Crippen molar-refractivity contribution in [1.82, 2.24) is 5.32 Å². The predicted molar refractivity (Wildman–Crippen MR) is 67.1 cm³/mol. The minimum Gasteiger partial charge on any atom is -0.372 e. The van der Waals surface area contributed by atoms with Crippen molar-refractivity contribution >= 4 is 23.2 Å². The maximum Gasteiger partial charge on any atom is 0.0750 e. The fourth-order valence-electron chi connectivity index (χ4n) is 1.83. The lowest BCUT2D eigenvalue weighted by molar-refractivity contribution is 0.0254. The summed E-state index contributed by atoms with van der Waals surface area (Å²) in [5, 5.41) is 4.66. The number of halogens is 2. The summed E-state index contributed by atoms with van der Waals surface area (Å²) in [4.78, 5) is 0. The number of ether oxygens (including phenoxy) is 1. The molecule has 1 aromatic carbocycles. The summed E-state index contributed by atoms with van der Waals surface area (Å²) in [7, 11) is 0. The van der Waals surface area contributed by atoms with Crippen molar-refractivity contribution in [2.75, 3.05) is 13.1 Å². The number of benzene rings is 1. The zero-order valence-corrected chi connectivity index (χ0v) is 10.5. The maximum absolute atomic E-state index is 6.07. The van der Waals surface area contributed by atoms with Gasteiger partial charge in [-0.05, 0) is 31.5 Å². The molecule has 1 saturated heterocycles. The minimum absolute atomic E-state index is 0.279. The zero-order chi connectivity index (χ0) is 11.4. The number of nitrogens with one attached hydrogen (secondary N) is 1. The van der Waals surface area contributed by atoms with Crippen LogP contribution < -0.4 is 5.32 Å². The molecule has 0 aliphatic carbocycles. The average Bonchev–Trinajstić information content (AvgIpc) is 2.30. The van der Waals surface area contributed by atoms with Crippen LogP contribution in [0.3, 0.4) is 0 Å². The molecule has 0 saturated carbocycles. The Bertz CT molecular complexity index is 331. The molecule has 0 bridgehead atoms. The van der Waals surface area contributed by atoms with Crippen LogP contribution in [-0.4, -0.2) is 19.2 Å². The molecule has 88 valence electrons. The van der Waals surface area contributed by atoms with Gasteiger partial charge in [-0.3, -0.25) is 0 Å². The zero-order valence-electron chi connectivity index (χ0n) is 9.01. The summed E-state index contributed by atoms with van der Waals surface area (Å²) < 4.78 is 5.80. The lowest BCUT2D eigenvalue weighted by Crippen LogP contribution is -2.35. The van der Waals surface area contributed by atoms with Gasteiger partial charge in [-0.15, -0.1) is 0 Å². The molecule has 2 nitrogen and oxygen atoms in total. The highest BCUT2D eigenvalue weighted by molar-refractivity contribution is 6.35. The smallest absolute Gasteiger partial charge is 0.0750 e. The van der Waals surface area contributed by atoms with Gasteiger partial charge in [0.2, 0.25) is 0 Å². The first-order chi connectivity index (χ1) is 7.77. The SMILES string of the molecule is Clc1cccc(Cl)c1COC1CCCNC1. The summed E-state index contributed by atoms with van der Waals surface area (Å²) in [5.74, 6) is 0. The molecule has 1 aromatic rings. The van der Waals surface area contributed by atoms with Gasteiger partial charge in [0.1, 0.15) is 0 Å². The second kappa shape index (κ2) is 5.87. The molecule has 1 heterocycles.